The number of carbonyl (C=O) groups excluding carboxylic acids is 2. The summed E-state index contributed by atoms with van der Waals surface area (Å²) in [5.41, 5.74) is 1.53. The molecule has 6 nitrogen and oxygen atoms in total. The van der Waals surface area contributed by atoms with E-state index in [1.54, 1.807) is 36.3 Å². The summed E-state index contributed by atoms with van der Waals surface area (Å²) < 4.78 is 10.3. The Labute approximate surface area is 157 Å². The Kier molecular flexibility index (Phi) is 5.72. The number of carbonyl (C=O) groups is 2. The van der Waals surface area contributed by atoms with Crippen molar-refractivity contribution in [1.82, 2.24) is 0 Å². The van der Waals surface area contributed by atoms with Crippen molar-refractivity contribution in [2.75, 3.05) is 18.6 Å². The number of nitriles is 1. The van der Waals surface area contributed by atoms with Crippen LogP contribution in [0.2, 0.25) is 0 Å². The molecule has 0 bridgehead atoms. The van der Waals surface area contributed by atoms with Gasteiger partial charge in [-0.1, -0.05) is 30.3 Å². The van der Waals surface area contributed by atoms with Crippen LogP contribution in [0.4, 0.5) is 5.69 Å². The Hall–Kier alpha value is -3.33. The summed E-state index contributed by atoms with van der Waals surface area (Å²) >= 11 is 0. The third-order valence-electron chi connectivity index (χ3n) is 4.67. The van der Waals surface area contributed by atoms with Gasteiger partial charge in [0, 0.05) is 12.1 Å². The maximum Gasteiger partial charge on any atom is 0.312 e. The van der Waals surface area contributed by atoms with Crippen molar-refractivity contribution in [3.63, 3.8) is 0 Å². The van der Waals surface area contributed by atoms with Gasteiger partial charge in [0.15, 0.2) is 6.61 Å². The van der Waals surface area contributed by atoms with Crippen molar-refractivity contribution in [1.29, 1.82) is 5.26 Å². The van der Waals surface area contributed by atoms with Crippen LogP contribution < -0.4 is 9.64 Å². The van der Waals surface area contributed by atoms with Gasteiger partial charge in [-0.05, 0) is 36.2 Å². The van der Waals surface area contributed by atoms with Crippen LogP contribution >= 0.6 is 0 Å². The summed E-state index contributed by atoms with van der Waals surface area (Å²) in [6.07, 6.45) is 0.622. The number of anilines is 1. The largest absolute Gasteiger partial charge is 0.497 e. The van der Waals surface area contributed by atoms with E-state index in [1.165, 1.54) is 0 Å². The summed E-state index contributed by atoms with van der Waals surface area (Å²) in [4.78, 5) is 27.0. The molecule has 0 N–H and O–H groups in total. The number of hydrogen-bond acceptors (Lipinski definition) is 5. The van der Waals surface area contributed by atoms with Gasteiger partial charge in [-0.2, -0.15) is 5.26 Å². The molecule has 0 saturated carbocycles. The number of ether oxygens (including phenoxy) is 2. The van der Waals surface area contributed by atoms with Gasteiger partial charge < -0.3 is 14.4 Å². The molecule has 2 atom stereocenters. The molecule has 0 aromatic heterocycles. The Morgan fingerprint density at radius 2 is 1.89 bits per heavy atom. The lowest BCUT2D eigenvalue weighted by Crippen LogP contribution is -2.46. The zero-order chi connectivity index (χ0) is 19.2. The molecule has 138 valence electrons. The second kappa shape index (κ2) is 8.37. The molecule has 0 aliphatic carbocycles. The molecule has 2 aromatic carbocycles. The fourth-order valence-electron chi connectivity index (χ4n) is 3.43. The molecule has 2 aromatic rings. The second-order valence-corrected chi connectivity index (χ2v) is 6.23. The van der Waals surface area contributed by atoms with E-state index in [-0.39, 0.29) is 18.9 Å². The lowest BCUT2D eigenvalue weighted by Gasteiger charge is -2.40. The van der Waals surface area contributed by atoms with Crippen LogP contribution in [0.15, 0.2) is 54.6 Å². The number of nitrogens with zero attached hydrogens (tertiary/aromatic N) is 2. The monoisotopic (exact) mass is 364 g/mol. The van der Waals surface area contributed by atoms with Crippen molar-refractivity contribution in [3.8, 4) is 11.8 Å². The third kappa shape index (κ3) is 3.93. The SMILES string of the molecule is COc1ccc(N2C(=O)CC[C@H](C(=O)OCC#N)[C@@H]2c2ccccc2)cc1. The molecule has 3 rings (SSSR count). The number of rotatable bonds is 5. The van der Waals surface area contributed by atoms with Gasteiger partial charge in [0.1, 0.15) is 11.8 Å². The second-order valence-electron chi connectivity index (χ2n) is 6.23. The lowest BCUT2D eigenvalue weighted by atomic mass is 9.84. The zero-order valence-corrected chi connectivity index (χ0v) is 15.0. The molecular weight excluding hydrogens is 344 g/mol. The Morgan fingerprint density at radius 3 is 2.52 bits per heavy atom. The molecule has 1 aliphatic heterocycles. The highest BCUT2D eigenvalue weighted by Gasteiger charge is 2.42. The fourth-order valence-corrected chi connectivity index (χ4v) is 3.43. The molecular formula is C21H20N2O4. The van der Waals surface area contributed by atoms with E-state index in [9.17, 15) is 9.59 Å². The number of benzene rings is 2. The molecule has 27 heavy (non-hydrogen) atoms. The van der Waals surface area contributed by atoms with Crippen LogP contribution in [-0.4, -0.2) is 25.6 Å². The first-order valence-corrected chi connectivity index (χ1v) is 8.70. The first-order chi connectivity index (χ1) is 13.2. The average molecular weight is 364 g/mol. The molecule has 1 aliphatic rings. The van der Waals surface area contributed by atoms with Crippen molar-refractivity contribution in [2.24, 2.45) is 5.92 Å². The molecule has 6 heteroatoms. The third-order valence-corrected chi connectivity index (χ3v) is 4.67. The minimum Gasteiger partial charge on any atom is -0.497 e. The van der Waals surface area contributed by atoms with E-state index in [4.69, 9.17) is 14.7 Å². The maximum atomic E-state index is 12.8. The van der Waals surface area contributed by atoms with Crippen molar-refractivity contribution < 1.29 is 19.1 Å². The van der Waals surface area contributed by atoms with Crippen LogP contribution in [0.3, 0.4) is 0 Å². The predicted molar refractivity (Wildman–Crippen MR) is 99.0 cm³/mol. The molecule has 1 saturated heterocycles. The van der Waals surface area contributed by atoms with E-state index in [0.717, 1.165) is 5.56 Å². The van der Waals surface area contributed by atoms with Gasteiger partial charge in [0.25, 0.3) is 0 Å². The molecule has 1 heterocycles. The van der Waals surface area contributed by atoms with Crippen LogP contribution in [0.5, 0.6) is 5.75 Å². The topological polar surface area (TPSA) is 79.6 Å². The standard InChI is InChI=1S/C21H20N2O4/c1-26-17-9-7-16(8-10-17)23-19(24)12-11-18(21(25)27-14-13-22)20(23)15-5-3-2-4-6-15/h2-10,18,20H,11-12,14H2,1H3/t18-,20-/m0/s1. The quantitative estimate of drug-likeness (QED) is 0.761. The molecule has 0 radical (unpaired) electrons. The van der Waals surface area contributed by atoms with Crippen molar-refractivity contribution in [3.05, 3.63) is 60.2 Å². The van der Waals surface area contributed by atoms with Crippen molar-refractivity contribution in [2.45, 2.75) is 18.9 Å². The maximum absolute atomic E-state index is 12.8. The highest BCUT2D eigenvalue weighted by Crippen LogP contribution is 2.40. The summed E-state index contributed by atoms with van der Waals surface area (Å²) in [7, 11) is 1.58. The predicted octanol–water partition coefficient (Wildman–Crippen LogP) is 3.25. The number of amides is 1. The summed E-state index contributed by atoms with van der Waals surface area (Å²) in [5.74, 6) is -0.375. The van der Waals surface area contributed by atoms with Crippen LogP contribution in [-0.2, 0) is 14.3 Å². The van der Waals surface area contributed by atoms with Gasteiger partial charge in [-0.15, -0.1) is 0 Å². The fraction of sp³-hybridized carbons (Fsp3) is 0.286. The van der Waals surface area contributed by atoms with Crippen LogP contribution in [0.1, 0.15) is 24.4 Å². The highest BCUT2D eigenvalue weighted by atomic mass is 16.5. The first kappa shape index (κ1) is 18.5. The molecule has 0 spiro atoms. The normalized spacial score (nSPS) is 19.3. The van der Waals surface area contributed by atoms with Gasteiger partial charge >= 0.3 is 5.97 Å². The lowest BCUT2D eigenvalue weighted by molar-refractivity contribution is -0.149. The average Bonchev–Trinajstić information content (AvgIpc) is 2.72. The van der Waals surface area contributed by atoms with E-state index >= 15 is 0 Å². The van der Waals surface area contributed by atoms with E-state index in [1.807, 2.05) is 36.4 Å². The number of methoxy groups -OCH3 is 1. The Balaban J connectivity index is 2.02. The number of hydrogen-bond donors (Lipinski definition) is 0. The first-order valence-electron chi connectivity index (χ1n) is 8.70. The van der Waals surface area contributed by atoms with Gasteiger partial charge in [0.2, 0.25) is 5.91 Å². The van der Waals surface area contributed by atoms with Crippen LogP contribution in [0, 0.1) is 17.2 Å². The Bertz CT molecular complexity index is 843. The number of esters is 1. The van der Waals surface area contributed by atoms with Gasteiger partial charge in [-0.25, -0.2) is 0 Å². The van der Waals surface area contributed by atoms with E-state index < -0.39 is 17.9 Å². The smallest absolute Gasteiger partial charge is 0.312 e. The summed E-state index contributed by atoms with van der Waals surface area (Å²) in [5, 5.41) is 8.71. The molecule has 1 amide bonds. The molecule has 0 unspecified atom stereocenters. The minimum atomic E-state index is -0.541. The highest BCUT2D eigenvalue weighted by molar-refractivity contribution is 5.97. The molecule has 1 fully saturated rings. The Morgan fingerprint density at radius 1 is 1.19 bits per heavy atom. The summed E-state index contributed by atoms with van der Waals surface area (Å²) in [6.45, 7) is -0.298. The number of piperidine rings is 1. The van der Waals surface area contributed by atoms with E-state index in [0.29, 0.717) is 17.9 Å². The minimum absolute atomic E-state index is 0.0571. The van der Waals surface area contributed by atoms with Crippen LogP contribution in [0.25, 0.3) is 0 Å². The van der Waals surface area contributed by atoms with Gasteiger partial charge in [-0.3, -0.25) is 9.59 Å². The van der Waals surface area contributed by atoms with E-state index in [2.05, 4.69) is 0 Å². The van der Waals surface area contributed by atoms with Crippen molar-refractivity contribution >= 4 is 17.6 Å². The van der Waals surface area contributed by atoms with Gasteiger partial charge in [0.05, 0.1) is 19.1 Å². The zero-order valence-electron chi connectivity index (χ0n) is 15.0. The summed E-state index contributed by atoms with van der Waals surface area (Å²) in [6, 6.07) is 17.9.